The van der Waals surface area contributed by atoms with E-state index in [0.717, 1.165) is 0 Å². The predicted molar refractivity (Wildman–Crippen MR) is 120 cm³/mol. The molecule has 3 aromatic carbocycles. The van der Waals surface area contributed by atoms with Crippen molar-refractivity contribution in [2.45, 2.75) is 12.1 Å². The molecule has 0 saturated carbocycles. The van der Waals surface area contributed by atoms with Gasteiger partial charge in [-0.3, -0.25) is 9.59 Å². The van der Waals surface area contributed by atoms with Gasteiger partial charge >= 0.3 is 6.09 Å². The SMILES string of the molecule is NC(=O)O[C@H](c1ccccc1)[C@H](NC(=O)C(=O)c1c[nH]c2cc(F)ccc12)c1ccccc1. The van der Waals surface area contributed by atoms with Gasteiger partial charge < -0.3 is 20.8 Å². The van der Waals surface area contributed by atoms with Gasteiger partial charge in [0.15, 0.2) is 6.10 Å². The Bertz CT molecular complexity index is 1310. The molecule has 2 atom stereocenters. The second-order valence-corrected chi connectivity index (χ2v) is 7.35. The number of benzene rings is 3. The quantitative estimate of drug-likeness (QED) is 0.292. The molecule has 0 fully saturated rings. The van der Waals surface area contributed by atoms with Crippen LogP contribution >= 0.6 is 0 Å². The van der Waals surface area contributed by atoms with E-state index in [1.165, 1.54) is 24.4 Å². The van der Waals surface area contributed by atoms with Crippen molar-refractivity contribution >= 4 is 28.7 Å². The summed E-state index contributed by atoms with van der Waals surface area (Å²) < 4.78 is 18.9. The summed E-state index contributed by atoms with van der Waals surface area (Å²) in [6, 6.07) is 20.5. The summed E-state index contributed by atoms with van der Waals surface area (Å²) in [6.07, 6.45) is -0.651. The lowest BCUT2D eigenvalue weighted by atomic mass is 9.95. The fraction of sp³-hybridized carbons (Fsp3) is 0.0800. The third-order valence-electron chi connectivity index (χ3n) is 5.21. The van der Waals surface area contributed by atoms with Crippen molar-refractivity contribution in [1.29, 1.82) is 0 Å². The predicted octanol–water partition coefficient (Wildman–Crippen LogP) is 4.18. The van der Waals surface area contributed by atoms with E-state index < -0.39 is 35.7 Å². The summed E-state index contributed by atoms with van der Waals surface area (Å²) in [5, 5.41) is 3.11. The van der Waals surface area contributed by atoms with Crippen LogP contribution in [0, 0.1) is 5.82 Å². The number of hydrogen-bond donors (Lipinski definition) is 3. The summed E-state index contributed by atoms with van der Waals surface area (Å²) in [7, 11) is 0. The van der Waals surface area contributed by atoms with Crippen LogP contribution in [0.3, 0.4) is 0 Å². The second kappa shape index (κ2) is 9.35. The number of carbonyl (C=O) groups is 3. The number of ketones is 1. The van der Waals surface area contributed by atoms with Crippen LogP contribution in [0.1, 0.15) is 33.6 Å². The molecular weight excluding hydrogens is 425 g/mol. The van der Waals surface area contributed by atoms with Crippen molar-refractivity contribution in [3.8, 4) is 0 Å². The maximum Gasteiger partial charge on any atom is 0.405 e. The van der Waals surface area contributed by atoms with Crippen LogP contribution in [0.5, 0.6) is 0 Å². The first-order valence-electron chi connectivity index (χ1n) is 10.1. The van der Waals surface area contributed by atoms with Crippen LogP contribution in [0.4, 0.5) is 9.18 Å². The van der Waals surface area contributed by atoms with Gasteiger partial charge in [0.2, 0.25) is 0 Å². The van der Waals surface area contributed by atoms with Crippen LogP contribution in [0.2, 0.25) is 0 Å². The van der Waals surface area contributed by atoms with Gasteiger partial charge in [0.25, 0.3) is 11.7 Å². The highest BCUT2D eigenvalue weighted by atomic mass is 19.1. The Labute approximate surface area is 188 Å². The largest absolute Gasteiger partial charge is 0.439 e. The Morgan fingerprint density at radius 1 is 0.909 bits per heavy atom. The minimum absolute atomic E-state index is 0.0985. The summed E-state index contributed by atoms with van der Waals surface area (Å²) in [5.41, 5.74) is 7.00. The van der Waals surface area contributed by atoms with Gasteiger partial charge in [0.05, 0.1) is 11.6 Å². The van der Waals surface area contributed by atoms with Gasteiger partial charge in [0, 0.05) is 17.1 Å². The molecule has 2 amide bonds. The highest BCUT2D eigenvalue weighted by Gasteiger charge is 2.32. The Balaban J connectivity index is 1.69. The Hall–Kier alpha value is -4.46. The molecule has 0 aliphatic heterocycles. The van der Waals surface area contributed by atoms with Gasteiger partial charge in [-0.25, -0.2) is 9.18 Å². The van der Waals surface area contributed by atoms with E-state index in [0.29, 0.717) is 22.0 Å². The fourth-order valence-corrected chi connectivity index (χ4v) is 3.71. The average Bonchev–Trinajstić information content (AvgIpc) is 3.24. The maximum atomic E-state index is 13.5. The van der Waals surface area contributed by atoms with Crippen LogP contribution in [-0.4, -0.2) is 22.8 Å². The topological polar surface area (TPSA) is 114 Å². The number of carbonyl (C=O) groups excluding carboxylic acids is 3. The maximum absolute atomic E-state index is 13.5. The average molecular weight is 445 g/mol. The fourth-order valence-electron chi connectivity index (χ4n) is 3.71. The lowest BCUT2D eigenvalue weighted by molar-refractivity contribution is -0.118. The number of hydrogen-bond acceptors (Lipinski definition) is 4. The van der Waals surface area contributed by atoms with Gasteiger partial charge in [-0.1, -0.05) is 60.7 Å². The highest BCUT2D eigenvalue weighted by Crippen LogP contribution is 2.32. The number of aromatic nitrogens is 1. The van der Waals surface area contributed by atoms with E-state index in [2.05, 4.69) is 10.3 Å². The summed E-state index contributed by atoms with van der Waals surface area (Å²) in [4.78, 5) is 40.5. The zero-order chi connectivity index (χ0) is 23.4. The molecule has 0 unspecified atom stereocenters. The first kappa shape index (κ1) is 21.8. The van der Waals surface area contributed by atoms with Gasteiger partial charge in [0.1, 0.15) is 5.82 Å². The van der Waals surface area contributed by atoms with Crippen LogP contribution in [-0.2, 0) is 9.53 Å². The van der Waals surface area contributed by atoms with Crippen molar-refractivity contribution in [3.63, 3.8) is 0 Å². The number of aromatic amines is 1. The first-order chi connectivity index (χ1) is 15.9. The van der Waals surface area contributed by atoms with Gasteiger partial charge in [-0.15, -0.1) is 0 Å². The Morgan fingerprint density at radius 3 is 2.18 bits per heavy atom. The number of halogens is 1. The molecule has 7 nitrogen and oxygen atoms in total. The highest BCUT2D eigenvalue weighted by molar-refractivity contribution is 6.45. The third-order valence-corrected chi connectivity index (χ3v) is 5.21. The first-order valence-corrected chi connectivity index (χ1v) is 10.1. The minimum Gasteiger partial charge on any atom is -0.439 e. The van der Waals surface area contributed by atoms with Crippen LogP contribution in [0.25, 0.3) is 10.9 Å². The smallest absolute Gasteiger partial charge is 0.405 e. The lowest BCUT2D eigenvalue weighted by Gasteiger charge is -2.28. The number of primary amides is 1. The summed E-state index contributed by atoms with van der Waals surface area (Å²) in [6.45, 7) is 0. The normalized spacial score (nSPS) is 12.6. The number of rotatable bonds is 7. The molecule has 1 aromatic heterocycles. The lowest BCUT2D eigenvalue weighted by Crippen LogP contribution is -2.39. The molecule has 33 heavy (non-hydrogen) atoms. The van der Waals surface area contributed by atoms with Gasteiger partial charge in [-0.05, 0) is 29.3 Å². The van der Waals surface area contributed by atoms with Crippen molar-refractivity contribution in [1.82, 2.24) is 10.3 Å². The molecule has 166 valence electrons. The molecule has 1 heterocycles. The van der Waals surface area contributed by atoms with Crippen LogP contribution < -0.4 is 11.1 Å². The Kier molecular flexibility index (Phi) is 6.17. The number of H-pyrrole nitrogens is 1. The van der Waals surface area contributed by atoms with Crippen molar-refractivity contribution in [2.24, 2.45) is 5.73 Å². The minimum atomic E-state index is -1.02. The zero-order valence-corrected chi connectivity index (χ0v) is 17.3. The molecule has 0 aliphatic rings. The second-order valence-electron chi connectivity index (χ2n) is 7.35. The monoisotopic (exact) mass is 445 g/mol. The summed E-state index contributed by atoms with van der Waals surface area (Å²) >= 11 is 0. The van der Waals surface area contributed by atoms with E-state index in [9.17, 15) is 18.8 Å². The van der Waals surface area contributed by atoms with Crippen molar-refractivity contribution < 1.29 is 23.5 Å². The van der Waals surface area contributed by atoms with E-state index in [4.69, 9.17) is 10.5 Å². The van der Waals surface area contributed by atoms with Crippen molar-refractivity contribution in [2.75, 3.05) is 0 Å². The number of Topliss-reactive ketones (excluding diaryl/α,β-unsaturated/α-hetero) is 1. The van der Waals surface area contributed by atoms with Gasteiger partial charge in [-0.2, -0.15) is 0 Å². The number of ether oxygens (including phenoxy) is 1. The van der Waals surface area contributed by atoms with E-state index >= 15 is 0 Å². The standard InChI is InChI=1S/C25H20FN3O4/c26-17-11-12-18-19(14-28-20(18)13-17)22(30)24(31)29-21(15-7-3-1-4-8-15)23(33-25(27)32)16-9-5-2-6-10-16/h1-14,21,23,28H,(H2,27,32)(H,29,31)/t21-,23-/m1/s1. The van der Waals surface area contributed by atoms with Crippen molar-refractivity contribution in [3.05, 3.63) is 108 Å². The molecule has 0 spiro atoms. The molecule has 8 heteroatoms. The molecule has 4 aromatic rings. The third kappa shape index (κ3) is 4.74. The van der Waals surface area contributed by atoms with E-state index in [1.54, 1.807) is 60.7 Å². The number of nitrogens with one attached hydrogen (secondary N) is 2. The van der Waals surface area contributed by atoms with E-state index in [-0.39, 0.29) is 5.56 Å². The zero-order valence-electron chi connectivity index (χ0n) is 17.3. The molecule has 0 saturated heterocycles. The molecule has 4 rings (SSSR count). The Morgan fingerprint density at radius 2 is 1.55 bits per heavy atom. The van der Waals surface area contributed by atoms with Crippen LogP contribution in [0.15, 0.2) is 85.1 Å². The molecule has 0 radical (unpaired) electrons. The molecule has 0 aliphatic carbocycles. The summed E-state index contributed by atoms with van der Waals surface area (Å²) in [5.74, 6) is -2.20. The molecule has 0 bridgehead atoms. The number of amides is 2. The molecular formula is C25H20FN3O4. The number of nitrogens with two attached hydrogens (primary N) is 1. The number of fused-ring (bicyclic) bond motifs is 1. The van der Waals surface area contributed by atoms with E-state index in [1.807, 2.05) is 0 Å². The molecule has 4 N–H and O–H groups in total.